The summed E-state index contributed by atoms with van der Waals surface area (Å²) in [6, 6.07) is 13.6. The van der Waals surface area contributed by atoms with Crippen molar-refractivity contribution in [2.75, 3.05) is 11.9 Å². The summed E-state index contributed by atoms with van der Waals surface area (Å²) in [5.74, 6) is 2.12. The summed E-state index contributed by atoms with van der Waals surface area (Å²) in [4.78, 5) is 12.3. The second kappa shape index (κ2) is 9.52. The fourth-order valence-electron chi connectivity index (χ4n) is 3.61. The molecule has 1 aliphatic rings. The minimum absolute atomic E-state index is 0.0741. The molecule has 6 nitrogen and oxygen atoms in total. The van der Waals surface area contributed by atoms with Crippen LogP contribution < -0.4 is 10.1 Å². The Hall–Kier alpha value is -3.22. The number of hydrogen-bond donors (Lipinski definition) is 1. The molecule has 2 aromatic carbocycles. The number of rotatable bonds is 7. The monoisotopic (exact) mass is 408 g/mol. The van der Waals surface area contributed by atoms with Crippen molar-refractivity contribution in [3.63, 3.8) is 0 Å². The normalized spacial score (nSPS) is 13.4. The number of carbonyl (C=O) groups excluding carboxylic acids is 1. The van der Waals surface area contributed by atoms with Gasteiger partial charge in [-0.2, -0.15) is 0 Å². The Bertz CT molecular complexity index is 1000. The number of carbonyl (C=O) groups is 1. The second-order valence-corrected chi connectivity index (χ2v) is 7.44. The molecule has 1 aromatic heterocycles. The number of ether oxygens (including phenoxy) is 1. The Labute approximate surface area is 175 Å². The molecule has 0 radical (unpaired) electrons. The fraction of sp³-hybridized carbons (Fsp3) is 0.348. The van der Waals surface area contributed by atoms with E-state index in [1.807, 2.05) is 24.3 Å². The molecule has 0 aliphatic carbocycles. The molecule has 7 heteroatoms. The minimum Gasteiger partial charge on any atom is -0.494 e. The summed E-state index contributed by atoms with van der Waals surface area (Å²) in [5, 5.41) is 11.7. The topological polar surface area (TPSA) is 69.0 Å². The van der Waals surface area contributed by atoms with E-state index in [0.717, 1.165) is 48.7 Å². The van der Waals surface area contributed by atoms with E-state index in [1.54, 1.807) is 12.1 Å². The smallest absolute Gasteiger partial charge is 0.224 e. The highest BCUT2D eigenvalue weighted by molar-refractivity contribution is 5.91. The van der Waals surface area contributed by atoms with Gasteiger partial charge < -0.3 is 14.6 Å². The number of hydrogen-bond acceptors (Lipinski definition) is 4. The van der Waals surface area contributed by atoms with Gasteiger partial charge in [-0.3, -0.25) is 4.79 Å². The first-order chi connectivity index (χ1) is 14.7. The van der Waals surface area contributed by atoms with E-state index in [0.29, 0.717) is 25.2 Å². The van der Waals surface area contributed by atoms with Gasteiger partial charge in [-0.05, 0) is 55.7 Å². The van der Waals surface area contributed by atoms with Gasteiger partial charge in [-0.1, -0.05) is 18.6 Å². The van der Waals surface area contributed by atoms with Crippen LogP contribution in [0, 0.1) is 5.82 Å². The van der Waals surface area contributed by atoms with Crippen LogP contribution in [0.2, 0.25) is 0 Å². The van der Waals surface area contributed by atoms with Crippen molar-refractivity contribution in [1.82, 2.24) is 14.8 Å². The van der Waals surface area contributed by atoms with Gasteiger partial charge in [0.2, 0.25) is 5.91 Å². The van der Waals surface area contributed by atoms with Gasteiger partial charge in [0, 0.05) is 30.6 Å². The van der Waals surface area contributed by atoms with E-state index in [9.17, 15) is 9.18 Å². The molecular weight excluding hydrogens is 383 g/mol. The number of aryl methyl sites for hydroxylation is 1. The lowest BCUT2D eigenvalue weighted by molar-refractivity contribution is -0.116. The van der Waals surface area contributed by atoms with Gasteiger partial charge in [-0.25, -0.2) is 4.39 Å². The molecule has 1 aliphatic heterocycles. The third-order valence-electron chi connectivity index (χ3n) is 5.14. The predicted octanol–water partition coefficient (Wildman–Crippen LogP) is 4.61. The second-order valence-electron chi connectivity index (χ2n) is 7.44. The van der Waals surface area contributed by atoms with Gasteiger partial charge in [-0.15, -0.1) is 10.2 Å². The number of nitrogens with one attached hydrogen (secondary N) is 1. The first kappa shape index (κ1) is 20.1. The quantitative estimate of drug-likeness (QED) is 0.580. The number of anilines is 1. The lowest BCUT2D eigenvalue weighted by Crippen LogP contribution is -2.13. The summed E-state index contributed by atoms with van der Waals surface area (Å²) >= 11 is 0. The van der Waals surface area contributed by atoms with Crippen molar-refractivity contribution in [2.24, 2.45) is 0 Å². The Morgan fingerprint density at radius 2 is 1.97 bits per heavy atom. The van der Waals surface area contributed by atoms with Crippen LogP contribution >= 0.6 is 0 Å². The highest BCUT2D eigenvalue weighted by atomic mass is 19.1. The molecule has 30 heavy (non-hydrogen) atoms. The summed E-state index contributed by atoms with van der Waals surface area (Å²) in [5.41, 5.74) is 1.69. The number of amides is 1. The standard InChI is InChI=1S/C23H25FN4O2/c24-18-10-12-20(13-11-18)30-15-5-9-22(29)25-19-7-4-6-17(16-19)23-27-26-21-8-2-1-3-14-28(21)23/h4,6-7,10-13,16H,1-3,5,8-9,14-15H2,(H,25,29). The molecule has 0 saturated carbocycles. The van der Waals surface area contributed by atoms with Crippen LogP contribution in [0.4, 0.5) is 10.1 Å². The lowest BCUT2D eigenvalue weighted by atomic mass is 10.1. The van der Waals surface area contributed by atoms with Crippen LogP contribution in [0.15, 0.2) is 48.5 Å². The Morgan fingerprint density at radius 1 is 1.10 bits per heavy atom. The summed E-state index contributed by atoms with van der Waals surface area (Å²) < 4.78 is 20.6. The SMILES string of the molecule is O=C(CCCOc1ccc(F)cc1)Nc1cccc(-c2nnc3n2CCCCC3)c1. The van der Waals surface area contributed by atoms with Crippen LogP contribution in [0.3, 0.4) is 0 Å². The molecule has 2 heterocycles. The Morgan fingerprint density at radius 3 is 2.83 bits per heavy atom. The van der Waals surface area contributed by atoms with Crippen LogP contribution in [-0.4, -0.2) is 27.3 Å². The first-order valence-corrected chi connectivity index (χ1v) is 10.4. The molecular formula is C23H25FN4O2. The van der Waals surface area contributed by atoms with E-state index >= 15 is 0 Å². The molecule has 0 atom stereocenters. The number of fused-ring (bicyclic) bond motifs is 1. The number of halogens is 1. The molecule has 0 spiro atoms. The van der Waals surface area contributed by atoms with Gasteiger partial charge in [0.25, 0.3) is 0 Å². The molecule has 3 aromatic rings. The van der Waals surface area contributed by atoms with Crippen molar-refractivity contribution < 1.29 is 13.9 Å². The third kappa shape index (κ3) is 5.03. The number of aromatic nitrogens is 3. The average Bonchev–Trinajstić information content (AvgIpc) is 3.01. The van der Waals surface area contributed by atoms with E-state index < -0.39 is 0 Å². The van der Waals surface area contributed by atoms with Crippen LogP contribution in [0.25, 0.3) is 11.4 Å². The zero-order valence-corrected chi connectivity index (χ0v) is 16.8. The number of benzene rings is 2. The van der Waals surface area contributed by atoms with Gasteiger partial charge in [0.15, 0.2) is 5.82 Å². The number of nitrogens with zero attached hydrogens (tertiary/aromatic N) is 3. The largest absolute Gasteiger partial charge is 0.494 e. The molecule has 0 bridgehead atoms. The van der Waals surface area contributed by atoms with Crippen LogP contribution in [0.1, 0.15) is 37.9 Å². The molecule has 156 valence electrons. The molecule has 0 saturated heterocycles. The highest BCUT2D eigenvalue weighted by Gasteiger charge is 2.16. The lowest BCUT2D eigenvalue weighted by Gasteiger charge is -2.10. The zero-order chi connectivity index (χ0) is 20.8. The van der Waals surface area contributed by atoms with Crippen molar-refractivity contribution >= 4 is 11.6 Å². The highest BCUT2D eigenvalue weighted by Crippen LogP contribution is 2.25. The van der Waals surface area contributed by atoms with E-state index in [1.165, 1.54) is 18.6 Å². The Kier molecular flexibility index (Phi) is 6.37. The predicted molar refractivity (Wildman–Crippen MR) is 113 cm³/mol. The maximum absolute atomic E-state index is 12.9. The first-order valence-electron chi connectivity index (χ1n) is 10.4. The average molecular weight is 408 g/mol. The van der Waals surface area contributed by atoms with Crippen LogP contribution in [0.5, 0.6) is 5.75 Å². The van der Waals surface area contributed by atoms with E-state index in [2.05, 4.69) is 20.1 Å². The third-order valence-corrected chi connectivity index (χ3v) is 5.14. The fourth-order valence-corrected chi connectivity index (χ4v) is 3.61. The molecule has 4 rings (SSSR count). The zero-order valence-electron chi connectivity index (χ0n) is 16.8. The summed E-state index contributed by atoms with van der Waals surface area (Å²) in [6.07, 6.45) is 5.37. The molecule has 1 amide bonds. The van der Waals surface area contributed by atoms with Crippen LogP contribution in [-0.2, 0) is 17.8 Å². The van der Waals surface area contributed by atoms with Crippen molar-refractivity contribution in [3.05, 3.63) is 60.2 Å². The van der Waals surface area contributed by atoms with Gasteiger partial charge in [0.1, 0.15) is 17.4 Å². The molecule has 0 fully saturated rings. The van der Waals surface area contributed by atoms with Crippen molar-refractivity contribution in [3.8, 4) is 17.1 Å². The maximum Gasteiger partial charge on any atom is 0.224 e. The Balaban J connectivity index is 1.31. The van der Waals surface area contributed by atoms with Gasteiger partial charge in [0.05, 0.1) is 6.61 Å². The maximum atomic E-state index is 12.9. The summed E-state index contributed by atoms with van der Waals surface area (Å²) in [6.45, 7) is 1.33. The molecule has 0 unspecified atom stereocenters. The van der Waals surface area contributed by atoms with E-state index in [4.69, 9.17) is 4.74 Å². The van der Waals surface area contributed by atoms with E-state index in [-0.39, 0.29) is 11.7 Å². The minimum atomic E-state index is -0.300. The molecule has 1 N–H and O–H groups in total. The van der Waals surface area contributed by atoms with Crippen molar-refractivity contribution in [2.45, 2.75) is 45.1 Å². The van der Waals surface area contributed by atoms with Crippen molar-refractivity contribution in [1.29, 1.82) is 0 Å². The summed E-state index contributed by atoms with van der Waals surface area (Å²) in [7, 11) is 0. The van der Waals surface area contributed by atoms with Gasteiger partial charge >= 0.3 is 0 Å².